The van der Waals surface area contributed by atoms with E-state index in [2.05, 4.69) is 27.6 Å². The van der Waals surface area contributed by atoms with E-state index < -0.39 is 23.8 Å². The zero-order valence-electron chi connectivity index (χ0n) is 9.61. The molecule has 0 radical (unpaired) electrons. The van der Waals surface area contributed by atoms with Gasteiger partial charge >= 0.3 is 17.8 Å². The van der Waals surface area contributed by atoms with Crippen LogP contribution in [0.4, 0.5) is 0 Å². The highest BCUT2D eigenvalue weighted by atomic mass is 32.1. The largest absolute Gasteiger partial charge is 0.469 e. The van der Waals surface area contributed by atoms with E-state index in [1.165, 1.54) is 7.11 Å². The molecule has 0 heterocycles. The van der Waals surface area contributed by atoms with Crippen molar-refractivity contribution in [1.82, 2.24) is 10.6 Å². The maximum atomic E-state index is 11.3. The van der Waals surface area contributed by atoms with Gasteiger partial charge in [0.25, 0.3) is 0 Å². The maximum Gasteiger partial charge on any atom is 0.309 e. The molecule has 1 unspecified atom stereocenters. The molecule has 0 aliphatic rings. The van der Waals surface area contributed by atoms with Crippen LogP contribution in [0.15, 0.2) is 0 Å². The summed E-state index contributed by atoms with van der Waals surface area (Å²) in [5, 5.41) is 4.55. The van der Waals surface area contributed by atoms with Crippen LogP contribution in [0, 0.1) is 0 Å². The van der Waals surface area contributed by atoms with E-state index in [1.54, 1.807) is 6.92 Å². The second kappa shape index (κ2) is 7.55. The summed E-state index contributed by atoms with van der Waals surface area (Å²) in [6.45, 7) is 1.53. The lowest BCUT2D eigenvalue weighted by Gasteiger charge is -2.12. The fraction of sp³-hybridized carbons (Fsp3) is 0.556. The van der Waals surface area contributed by atoms with Crippen LogP contribution in [0.1, 0.15) is 13.3 Å². The Hall–Kier alpha value is -1.70. The number of amides is 2. The SMILES string of the molecule is COC(=O)CC(C)NC(=O)C(=O)NCC(N)=S. The van der Waals surface area contributed by atoms with Crippen LogP contribution in [0.5, 0.6) is 0 Å². The highest BCUT2D eigenvalue weighted by molar-refractivity contribution is 7.80. The third kappa shape index (κ3) is 7.23. The van der Waals surface area contributed by atoms with Crippen molar-refractivity contribution in [2.24, 2.45) is 5.73 Å². The molecular formula is C9H15N3O4S. The van der Waals surface area contributed by atoms with Crippen molar-refractivity contribution < 1.29 is 19.1 Å². The van der Waals surface area contributed by atoms with Gasteiger partial charge in [0.15, 0.2) is 0 Å². The first-order valence-corrected chi connectivity index (χ1v) is 5.21. The van der Waals surface area contributed by atoms with E-state index in [4.69, 9.17) is 5.73 Å². The highest BCUT2D eigenvalue weighted by Gasteiger charge is 2.17. The zero-order valence-corrected chi connectivity index (χ0v) is 10.4. The number of carbonyl (C=O) groups is 3. The molecule has 4 N–H and O–H groups in total. The van der Waals surface area contributed by atoms with E-state index >= 15 is 0 Å². The Kier molecular flexibility index (Phi) is 6.80. The van der Waals surface area contributed by atoms with Crippen molar-refractivity contribution in [2.75, 3.05) is 13.7 Å². The van der Waals surface area contributed by atoms with E-state index in [1.807, 2.05) is 0 Å². The van der Waals surface area contributed by atoms with Crippen LogP contribution in [0.3, 0.4) is 0 Å². The first-order chi connectivity index (χ1) is 7.86. The van der Waals surface area contributed by atoms with Crippen LogP contribution >= 0.6 is 12.2 Å². The van der Waals surface area contributed by atoms with E-state index in [9.17, 15) is 14.4 Å². The quantitative estimate of drug-likeness (QED) is 0.314. The van der Waals surface area contributed by atoms with E-state index in [0.29, 0.717) is 0 Å². The van der Waals surface area contributed by atoms with Gasteiger partial charge in [-0.05, 0) is 6.92 Å². The zero-order chi connectivity index (χ0) is 13.4. The first-order valence-electron chi connectivity index (χ1n) is 4.80. The Bertz CT molecular complexity index is 332. The van der Waals surface area contributed by atoms with Gasteiger partial charge in [-0.3, -0.25) is 14.4 Å². The van der Waals surface area contributed by atoms with Gasteiger partial charge in [-0.1, -0.05) is 12.2 Å². The lowest BCUT2D eigenvalue weighted by atomic mass is 10.2. The molecule has 0 bridgehead atoms. The molecule has 0 aliphatic heterocycles. The van der Waals surface area contributed by atoms with Gasteiger partial charge in [0.2, 0.25) is 0 Å². The Labute approximate surface area is 104 Å². The van der Waals surface area contributed by atoms with Crippen molar-refractivity contribution in [1.29, 1.82) is 0 Å². The predicted octanol–water partition coefficient (Wildman–Crippen LogP) is -1.54. The van der Waals surface area contributed by atoms with Crippen LogP contribution in [-0.2, 0) is 19.1 Å². The number of thiocarbonyl (C=S) groups is 1. The number of nitrogens with one attached hydrogen (secondary N) is 2. The molecule has 0 saturated carbocycles. The highest BCUT2D eigenvalue weighted by Crippen LogP contribution is 1.92. The van der Waals surface area contributed by atoms with Crippen LogP contribution < -0.4 is 16.4 Å². The average Bonchev–Trinajstić information content (AvgIpc) is 2.25. The summed E-state index contributed by atoms with van der Waals surface area (Å²) in [7, 11) is 1.24. The number of nitrogens with two attached hydrogens (primary N) is 1. The van der Waals surface area contributed by atoms with E-state index in [0.717, 1.165) is 0 Å². The molecule has 2 amide bonds. The van der Waals surface area contributed by atoms with Crippen molar-refractivity contribution >= 4 is 35.0 Å². The monoisotopic (exact) mass is 261 g/mol. The van der Waals surface area contributed by atoms with Gasteiger partial charge in [0.05, 0.1) is 25.1 Å². The van der Waals surface area contributed by atoms with Gasteiger partial charge in [-0.25, -0.2) is 0 Å². The fourth-order valence-corrected chi connectivity index (χ4v) is 0.994. The number of rotatable bonds is 5. The number of esters is 1. The molecule has 0 aromatic carbocycles. The summed E-state index contributed by atoms with van der Waals surface area (Å²) in [5.74, 6) is -2.17. The molecule has 8 heteroatoms. The summed E-state index contributed by atoms with van der Waals surface area (Å²) >= 11 is 4.53. The topological polar surface area (TPSA) is 111 Å². The molecule has 0 rings (SSSR count). The third-order valence-corrected chi connectivity index (χ3v) is 1.85. The van der Waals surface area contributed by atoms with Gasteiger partial charge in [-0.2, -0.15) is 0 Å². The minimum atomic E-state index is -0.852. The second-order valence-electron chi connectivity index (χ2n) is 3.30. The summed E-state index contributed by atoms with van der Waals surface area (Å²) in [4.78, 5) is 33.4. The average molecular weight is 261 g/mol. The summed E-state index contributed by atoms with van der Waals surface area (Å²) in [5.41, 5.74) is 5.15. The van der Waals surface area contributed by atoms with Crippen molar-refractivity contribution in [3.8, 4) is 0 Å². The van der Waals surface area contributed by atoms with Crippen LogP contribution in [0.25, 0.3) is 0 Å². The fourth-order valence-electron chi connectivity index (χ4n) is 0.921. The van der Waals surface area contributed by atoms with Gasteiger partial charge in [0, 0.05) is 6.04 Å². The molecule has 0 aromatic rings. The van der Waals surface area contributed by atoms with Gasteiger partial charge in [0.1, 0.15) is 0 Å². The van der Waals surface area contributed by atoms with Crippen molar-refractivity contribution in [3.05, 3.63) is 0 Å². The summed E-state index contributed by atoms with van der Waals surface area (Å²) in [6.07, 6.45) is -0.00911. The molecule has 0 saturated heterocycles. The molecule has 7 nitrogen and oxygen atoms in total. The summed E-state index contributed by atoms with van der Waals surface area (Å²) in [6, 6.07) is -0.495. The minimum absolute atomic E-state index is 0.00911. The number of hydrogen-bond acceptors (Lipinski definition) is 5. The predicted molar refractivity (Wildman–Crippen MR) is 64.0 cm³/mol. The Morgan fingerprint density at radius 3 is 2.41 bits per heavy atom. The minimum Gasteiger partial charge on any atom is -0.469 e. The number of hydrogen-bond donors (Lipinski definition) is 3. The van der Waals surface area contributed by atoms with Crippen molar-refractivity contribution in [3.63, 3.8) is 0 Å². The Morgan fingerprint density at radius 2 is 1.94 bits per heavy atom. The molecule has 17 heavy (non-hydrogen) atoms. The number of ether oxygens (including phenoxy) is 1. The molecular weight excluding hydrogens is 246 g/mol. The normalized spacial score (nSPS) is 11.2. The lowest BCUT2D eigenvalue weighted by molar-refractivity contribution is -0.142. The molecule has 0 spiro atoms. The van der Waals surface area contributed by atoms with Gasteiger partial charge < -0.3 is 21.1 Å². The smallest absolute Gasteiger partial charge is 0.309 e. The number of methoxy groups -OCH3 is 1. The van der Waals surface area contributed by atoms with E-state index in [-0.39, 0.29) is 18.0 Å². The molecule has 96 valence electrons. The van der Waals surface area contributed by atoms with Crippen LogP contribution in [-0.4, -0.2) is 42.5 Å². The molecule has 0 aromatic heterocycles. The molecule has 0 aliphatic carbocycles. The van der Waals surface area contributed by atoms with Gasteiger partial charge in [-0.15, -0.1) is 0 Å². The second-order valence-corrected chi connectivity index (χ2v) is 3.83. The maximum absolute atomic E-state index is 11.3. The third-order valence-electron chi connectivity index (χ3n) is 1.71. The van der Waals surface area contributed by atoms with Crippen molar-refractivity contribution in [2.45, 2.75) is 19.4 Å². The number of carbonyl (C=O) groups excluding carboxylic acids is 3. The first kappa shape index (κ1) is 15.3. The standard InChI is InChI=1S/C9H15N3O4S/c1-5(3-7(13)16-2)12-9(15)8(14)11-4-6(10)17/h5H,3-4H2,1-2H3,(H2,10,17)(H,11,14)(H,12,15). The molecule has 1 atom stereocenters. The lowest BCUT2D eigenvalue weighted by Crippen LogP contribution is -2.46. The summed E-state index contributed by atoms with van der Waals surface area (Å²) < 4.78 is 4.42. The molecule has 0 fully saturated rings. The Balaban J connectivity index is 4.03. The Morgan fingerprint density at radius 1 is 1.35 bits per heavy atom. The van der Waals surface area contributed by atoms with Crippen LogP contribution in [0.2, 0.25) is 0 Å².